The number of aromatic nitrogens is 2. The van der Waals surface area contributed by atoms with Crippen LogP contribution in [-0.2, 0) is 13.5 Å². The molecule has 2 saturated heterocycles. The number of hydrogen-bond donors (Lipinski definition) is 1. The molecule has 0 spiro atoms. The lowest BCUT2D eigenvalue weighted by atomic mass is 9.98. The highest BCUT2D eigenvalue weighted by Gasteiger charge is 2.35. The fourth-order valence-corrected chi connectivity index (χ4v) is 3.80. The summed E-state index contributed by atoms with van der Waals surface area (Å²) in [7, 11) is 1.99. The Kier molecular flexibility index (Phi) is 3.89. The van der Waals surface area contributed by atoms with Crippen molar-refractivity contribution >= 4 is 0 Å². The summed E-state index contributed by atoms with van der Waals surface area (Å²) >= 11 is 0. The highest BCUT2D eigenvalue weighted by Crippen LogP contribution is 2.29. The van der Waals surface area contributed by atoms with Crippen LogP contribution in [0.3, 0.4) is 0 Å². The first-order valence-corrected chi connectivity index (χ1v) is 7.72. The van der Waals surface area contributed by atoms with Gasteiger partial charge in [-0.15, -0.1) is 0 Å². The SMILES string of the molecule is CCN(CCc1cnn(C)c1)C1CC2CCC(C1)N2. The van der Waals surface area contributed by atoms with Crippen LogP contribution in [0.5, 0.6) is 0 Å². The number of likely N-dealkylation sites (N-methyl/N-ethyl adjacent to an activating group) is 1. The molecule has 0 aliphatic carbocycles. The van der Waals surface area contributed by atoms with E-state index in [0.717, 1.165) is 24.5 Å². The molecule has 0 amide bonds. The highest BCUT2D eigenvalue weighted by atomic mass is 15.2. The van der Waals surface area contributed by atoms with Gasteiger partial charge in [-0.05, 0) is 44.2 Å². The Labute approximate surface area is 116 Å². The van der Waals surface area contributed by atoms with Crippen LogP contribution >= 0.6 is 0 Å². The Morgan fingerprint density at radius 2 is 2.11 bits per heavy atom. The van der Waals surface area contributed by atoms with Gasteiger partial charge in [0.1, 0.15) is 0 Å². The summed E-state index contributed by atoms with van der Waals surface area (Å²) in [5, 5.41) is 7.99. The summed E-state index contributed by atoms with van der Waals surface area (Å²) in [6.45, 7) is 4.64. The first kappa shape index (κ1) is 13.1. The van der Waals surface area contributed by atoms with E-state index in [1.807, 2.05) is 17.9 Å². The van der Waals surface area contributed by atoms with E-state index >= 15 is 0 Å². The van der Waals surface area contributed by atoms with Gasteiger partial charge in [0.15, 0.2) is 0 Å². The van der Waals surface area contributed by atoms with Crippen molar-refractivity contribution in [1.82, 2.24) is 20.0 Å². The third kappa shape index (κ3) is 3.00. The maximum atomic E-state index is 4.26. The smallest absolute Gasteiger partial charge is 0.0522 e. The van der Waals surface area contributed by atoms with Crippen LogP contribution in [0.1, 0.15) is 38.2 Å². The van der Waals surface area contributed by atoms with E-state index in [4.69, 9.17) is 0 Å². The maximum Gasteiger partial charge on any atom is 0.0522 e. The number of aryl methyl sites for hydroxylation is 1. The standard InChI is InChI=1S/C15H26N4/c1-3-19(7-6-12-10-16-18(2)11-12)15-8-13-4-5-14(9-15)17-13/h10-11,13-15,17H,3-9H2,1-2H3. The average molecular weight is 262 g/mol. The van der Waals surface area contributed by atoms with Crippen LogP contribution in [-0.4, -0.2) is 45.9 Å². The van der Waals surface area contributed by atoms with Gasteiger partial charge in [-0.2, -0.15) is 5.10 Å². The van der Waals surface area contributed by atoms with Crippen molar-refractivity contribution < 1.29 is 0 Å². The lowest BCUT2D eigenvalue weighted by molar-refractivity contribution is 0.149. The zero-order valence-electron chi connectivity index (χ0n) is 12.2. The summed E-state index contributed by atoms with van der Waals surface area (Å²) in [6.07, 6.45) is 10.7. The Morgan fingerprint density at radius 1 is 1.37 bits per heavy atom. The molecule has 19 heavy (non-hydrogen) atoms. The molecule has 4 heteroatoms. The molecule has 1 N–H and O–H groups in total. The minimum absolute atomic E-state index is 0.788. The van der Waals surface area contributed by atoms with Gasteiger partial charge in [-0.3, -0.25) is 4.68 Å². The number of piperidine rings is 1. The van der Waals surface area contributed by atoms with Crippen molar-refractivity contribution in [2.45, 2.75) is 57.2 Å². The zero-order chi connectivity index (χ0) is 13.2. The number of fused-ring (bicyclic) bond motifs is 2. The molecule has 2 aliphatic rings. The van der Waals surface area contributed by atoms with Gasteiger partial charge in [0.05, 0.1) is 6.20 Å². The second kappa shape index (κ2) is 5.63. The fourth-order valence-electron chi connectivity index (χ4n) is 3.80. The molecular weight excluding hydrogens is 236 g/mol. The first-order chi connectivity index (χ1) is 9.24. The number of nitrogens with one attached hydrogen (secondary N) is 1. The molecule has 2 unspecified atom stereocenters. The molecule has 0 radical (unpaired) electrons. The van der Waals surface area contributed by atoms with E-state index in [9.17, 15) is 0 Å². The Hall–Kier alpha value is -0.870. The van der Waals surface area contributed by atoms with Gasteiger partial charge in [0.25, 0.3) is 0 Å². The van der Waals surface area contributed by atoms with E-state index in [0.29, 0.717) is 0 Å². The van der Waals surface area contributed by atoms with Crippen molar-refractivity contribution in [3.05, 3.63) is 18.0 Å². The molecule has 2 bridgehead atoms. The quantitative estimate of drug-likeness (QED) is 0.874. The molecule has 3 rings (SSSR count). The van der Waals surface area contributed by atoms with E-state index in [1.165, 1.54) is 44.3 Å². The lowest BCUT2D eigenvalue weighted by Gasteiger charge is -2.37. The molecule has 3 heterocycles. The van der Waals surface area contributed by atoms with Crippen molar-refractivity contribution in [3.8, 4) is 0 Å². The molecule has 1 aromatic rings. The molecule has 0 saturated carbocycles. The lowest BCUT2D eigenvalue weighted by Crippen LogP contribution is -2.48. The van der Waals surface area contributed by atoms with E-state index in [-0.39, 0.29) is 0 Å². The number of rotatable bonds is 5. The fraction of sp³-hybridized carbons (Fsp3) is 0.800. The molecule has 2 atom stereocenters. The van der Waals surface area contributed by atoms with Gasteiger partial charge in [-0.1, -0.05) is 6.92 Å². The second-order valence-electron chi connectivity index (χ2n) is 6.16. The summed E-state index contributed by atoms with van der Waals surface area (Å²) in [4.78, 5) is 2.68. The highest BCUT2D eigenvalue weighted by molar-refractivity contribution is 5.04. The Bertz CT molecular complexity index is 402. The topological polar surface area (TPSA) is 33.1 Å². The molecule has 106 valence electrons. The Balaban J connectivity index is 1.55. The number of nitrogens with zero attached hydrogens (tertiary/aromatic N) is 3. The van der Waals surface area contributed by atoms with Crippen LogP contribution < -0.4 is 5.32 Å². The monoisotopic (exact) mass is 262 g/mol. The summed E-state index contributed by atoms with van der Waals surface area (Å²) in [6, 6.07) is 2.37. The zero-order valence-corrected chi connectivity index (χ0v) is 12.2. The van der Waals surface area contributed by atoms with Crippen LogP contribution in [0.4, 0.5) is 0 Å². The Morgan fingerprint density at radius 3 is 2.68 bits per heavy atom. The maximum absolute atomic E-state index is 4.26. The van der Waals surface area contributed by atoms with Crippen LogP contribution in [0, 0.1) is 0 Å². The number of hydrogen-bond acceptors (Lipinski definition) is 3. The van der Waals surface area contributed by atoms with E-state index in [2.05, 4.69) is 28.4 Å². The predicted molar refractivity (Wildman–Crippen MR) is 77.1 cm³/mol. The average Bonchev–Trinajstić information content (AvgIpc) is 2.96. The van der Waals surface area contributed by atoms with Gasteiger partial charge >= 0.3 is 0 Å². The molecular formula is C15H26N4. The third-order valence-corrected chi connectivity index (χ3v) is 4.82. The van der Waals surface area contributed by atoms with E-state index < -0.39 is 0 Å². The van der Waals surface area contributed by atoms with Crippen molar-refractivity contribution in [2.75, 3.05) is 13.1 Å². The molecule has 1 aromatic heterocycles. The minimum Gasteiger partial charge on any atom is -0.311 e. The molecule has 2 aliphatic heterocycles. The third-order valence-electron chi connectivity index (χ3n) is 4.82. The largest absolute Gasteiger partial charge is 0.311 e. The van der Waals surface area contributed by atoms with Crippen LogP contribution in [0.2, 0.25) is 0 Å². The molecule has 2 fully saturated rings. The molecule has 4 nitrogen and oxygen atoms in total. The van der Waals surface area contributed by atoms with Crippen molar-refractivity contribution in [3.63, 3.8) is 0 Å². The molecule has 0 aromatic carbocycles. The van der Waals surface area contributed by atoms with E-state index in [1.54, 1.807) is 0 Å². The minimum atomic E-state index is 0.788. The second-order valence-corrected chi connectivity index (χ2v) is 6.16. The normalized spacial score (nSPS) is 30.2. The summed E-state index contributed by atoms with van der Waals surface area (Å²) < 4.78 is 1.90. The first-order valence-electron chi connectivity index (χ1n) is 7.72. The summed E-state index contributed by atoms with van der Waals surface area (Å²) in [5.41, 5.74) is 1.36. The van der Waals surface area contributed by atoms with Crippen LogP contribution in [0.25, 0.3) is 0 Å². The van der Waals surface area contributed by atoms with Gasteiger partial charge in [0, 0.05) is 37.9 Å². The van der Waals surface area contributed by atoms with Crippen LogP contribution in [0.15, 0.2) is 12.4 Å². The predicted octanol–water partition coefficient (Wildman–Crippen LogP) is 1.57. The van der Waals surface area contributed by atoms with Gasteiger partial charge in [-0.25, -0.2) is 0 Å². The van der Waals surface area contributed by atoms with Gasteiger partial charge < -0.3 is 10.2 Å². The van der Waals surface area contributed by atoms with Crippen molar-refractivity contribution in [2.24, 2.45) is 7.05 Å². The van der Waals surface area contributed by atoms with Gasteiger partial charge in [0.2, 0.25) is 0 Å². The summed E-state index contributed by atoms with van der Waals surface area (Å²) in [5.74, 6) is 0. The van der Waals surface area contributed by atoms with Crippen molar-refractivity contribution in [1.29, 1.82) is 0 Å².